The fraction of sp³-hybridized carbons (Fsp3) is 0.238. The van der Waals surface area contributed by atoms with E-state index in [1.54, 1.807) is 7.11 Å². The van der Waals surface area contributed by atoms with E-state index in [1.165, 1.54) is 11.3 Å². The summed E-state index contributed by atoms with van der Waals surface area (Å²) in [6.45, 7) is 2.81. The maximum absolute atomic E-state index is 13.0. The third-order valence-corrected chi connectivity index (χ3v) is 5.00. The Morgan fingerprint density at radius 3 is 2.50 bits per heavy atom. The van der Waals surface area contributed by atoms with Crippen LogP contribution in [0.1, 0.15) is 30.3 Å². The Bertz CT molecular complexity index is 844. The van der Waals surface area contributed by atoms with Crippen LogP contribution < -0.4 is 9.64 Å². The van der Waals surface area contributed by atoms with Gasteiger partial charge in [0.15, 0.2) is 0 Å². The Balaban J connectivity index is 1.84. The Hall–Kier alpha value is -2.66. The van der Waals surface area contributed by atoms with Gasteiger partial charge in [0.1, 0.15) is 16.5 Å². The number of carbonyl (C=O) groups is 1. The maximum Gasteiger partial charge on any atom is 0.277 e. The Morgan fingerprint density at radius 1 is 1.12 bits per heavy atom. The maximum atomic E-state index is 13.0. The molecule has 0 atom stereocenters. The van der Waals surface area contributed by atoms with Crippen LogP contribution in [0.4, 0.5) is 5.69 Å². The van der Waals surface area contributed by atoms with Gasteiger partial charge in [-0.25, -0.2) is 4.98 Å². The van der Waals surface area contributed by atoms with E-state index >= 15 is 0 Å². The lowest BCUT2D eigenvalue weighted by Gasteiger charge is -2.21. The average molecular weight is 366 g/mol. The summed E-state index contributed by atoms with van der Waals surface area (Å²) in [5.74, 6) is 0.747. The van der Waals surface area contributed by atoms with Crippen molar-refractivity contribution < 1.29 is 9.53 Å². The minimum Gasteiger partial charge on any atom is -0.497 e. The molecule has 1 aromatic heterocycles. The number of hydrogen-bond donors (Lipinski definition) is 0. The second kappa shape index (κ2) is 8.63. The van der Waals surface area contributed by atoms with E-state index in [-0.39, 0.29) is 5.91 Å². The molecule has 0 fully saturated rings. The molecule has 0 saturated heterocycles. The predicted molar refractivity (Wildman–Crippen MR) is 107 cm³/mol. The summed E-state index contributed by atoms with van der Waals surface area (Å²) < 4.78 is 5.19. The Morgan fingerprint density at radius 2 is 1.85 bits per heavy atom. The lowest BCUT2D eigenvalue weighted by molar-refractivity contribution is 0.0982. The van der Waals surface area contributed by atoms with E-state index in [2.05, 4.69) is 11.9 Å². The van der Waals surface area contributed by atoms with Crippen molar-refractivity contribution in [1.82, 2.24) is 4.98 Å². The fourth-order valence-corrected chi connectivity index (χ4v) is 3.45. The summed E-state index contributed by atoms with van der Waals surface area (Å²) in [6, 6.07) is 17.5. The molecule has 134 valence electrons. The van der Waals surface area contributed by atoms with Crippen molar-refractivity contribution in [3.8, 4) is 16.3 Å². The summed E-state index contributed by atoms with van der Waals surface area (Å²) in [6.07, 6.45) is 1.99. The van der Waals surface area contributed by atoms with Crippen LogP contribution in [0.3, 0.4) is 0 Å². The Kier molecular flexibility index (Phi) is 6.02. The highest BCUT2D eigenvalue weighted by Gasteiger charge is 2.20. The van der Waals surface area contributed by atoms with Crippen LogP contribution in [0, 0.1) is 0 Å². The molecule has 26 heavy (non-hydrogen) atoms. The normalized spacial score (nSPS) is 10.5. The van der Waals surface area contributed by atoms with Gasteiger partial charge in [-0.2, -0.15) is 0 Å². The molecule has 2 aromatic carbocycles. The topological polar surface area (TPSA) is 42.4 Å². The highest BCUT2D eigenvalue weighted by atomic mass is 32.1. The second-order valence-corrected chi connectivity index (χ2v) is 6.77. The van der Waals surface area contributed by atoms with Gasteiger partial charge in [-0.3, -0.25) is 4.79 Å². The zero-order chi connectivity index (χ0) is 18.4. The van der Waals surface area contributed by atoms with Gasteiger partial charge in [-0.1, -0.05) is 31.5 Å². The van der Waals surface area contributed by atoms with Crippen LogP contribution in [0.5, 0.6) is 5.75 Å². The van der Waals surface area contributed by atoms with Gasteiger partial charge < -0.3 is 9.64 Å². The molecule has 0 aliphatic rings. The highest BCUT2D eigenvalue weighted by Crippen LogP contribution is 2.27. The van der Waals surface area contributed by atoms with Crippen molar-refractivity contribution in [1.29, 1.82) is 0 Å². The number of hydrogen-bond acceptors (Lipinski definition) is 4. The minimum absolute atomic E-state index is 0.0549. The van der Waals surface area contributed by atoms with Gasteiger partial charge in [0.25, 0.3) is 5.91 Å². The molecule has 3 aromatic rings. The van der Waals surface area contributed by atoms with Crippen molar-refractivity contribution in [3.63, 3.8) is 0 Å². The largest absolute Gasteiger partial charge is 0.497 e. The molecule has 0 N–H and O–H groups in total. The number of anilines is 1. The SMILES string of the molecule is CCCCN(C(=O)c1csc(-c2ccc(OC)cc2)n1)c1ccccc1. The average Bonchev–Trinajstić information content (AvgIpc) is 3.19. The molecule has 0 radical (unpaired) electrons. The van der Waals surface area contributed by atoms with Gasteiger partial charge in [0.05, 0.1) is 7.11 Å². The number of benzene rings is 2. The monoisotopic (exact) mass is 366 g/mol. The lowest BCUT2D eigenvalue weighted by Crippen LogP contribution is -2.32. The molecule has 1 amide bonds. The van der Waals surface area contributed by atoms with Crippen molar-refractivity contribution in [3.05, 3.63) is 65.7 Å². The molecule has 0 saturated carbocycles. The molecule has 3 rings (SSSR count). The number of aromatic nitrogens is 1. The van der Waals surface area contributed by atoms with E-state index in [0.29, 0.717) is 12.2 Å². The van der Waals surface area contributed by atoms with Crippen LogP contribution in [-0.4, -0.2) is 24.5 Å². The number of rotatable bonds is 7. The molecule has 1 heterocycles. The highest BCUT2D eigenvalue weighted by molar-refractivity contribution is 7.13. The first-order valence-electron chi connectivity index (χ1n) is 8.69. The van der Waals surface area contributed by atoms with E-state index in [0.717, 1.165) is 34.8 Å². The smallest absolute Gasteiger partial charge is 0.277 e. The number of unbranched alkanes of at least 4 members (excludes halogenated alkanes) is 1. The second-order valence-electron chi connectivity index (χ2n) is 5.91. The molecular weight excluding hydrogens is 344 g/mol. The lowest BCUT2D eigenvalue weighted by atomic mass is 10.2. The molecular formula is C21H22N2O2S. The van der Waals surface area contributed by atoms with Crippen molar-refractivity contribution >= 4 is 22.9 Å². The quantitative estimate of drug-likeness (QED) is 0.572. The van der Waals surface area contributed by atoms with Gasteiger partial charge in [-0.15, -0.1) is 11.3 Å². The number of carbonyl (C=O) groups excluding carboxylic acids is 1. The van der Waals surface area contributed by atoms with Gasteiger partial charge in [0.2, 0.25) is 0 Å². The van der Waals surface area contributed by atoms with Crippen molar-refractivity contribution in [2.24, 2.45) is 0 Å². The van der Waals surface area contributed by atoms with Crippen LogP contribution >= 0.6 is 11.3 Å². The molecule has 0 aliphatic heterocycles. The van der Waals surface area contributed by atoms with Crippen LogP contribution in [0.2, 0.25) is 0 Å². The van der Waals surface area contributed by atoms with E-state index in [9.17, 15) is 4.79 Å². The number of thiazole rings is 1. The van der Waals surface area contributed by atoms with Crippen LogP contribution in [-0.2, 0) is 0 Å². The van der Waals surface area contributed by atoms with Crippen molar-refractivity contribution in [2.45, 2.75) is 19.8 Å². The molecule has 0 spiro atoms. The summed E-state index contributed by atoms with van der Waals surface area (Å²) >= 11 is 1.48. The van der Waals surface area contributed by atoms with Crippen LogP contribution in [0.15, 0.2) is 60.0 Å². The van der Waals surface area contributed by atoms with Gasteiger partial charge in [-0.05, 0) is 42.8 Å². The van der Waals surface area contributed by atoms with E-state index < -0.39 is 0 Å². The first-order valence-corrected chi connectivity index (χ1v) is 9.57. The van der Waals surface area contributed by atoms with Gasteiger partial charge >= 0.3 is 0 Å². The third kappa shape index (κ3) is 4.11. The number of para-hydroxylation sites is 1. The number of nitrogens with zero attached hydrogens (tertiary/aromatic N) is 2. The zero-order valence-corrected chi connectivity index (χ0v) is 15.8. The molecule has 0 bridgehead atoms. The van der Waals surface area contributed by atoms with E-state index in [4.69, 9.17) is 4.74 Å². The summed E-state index contributed by atoms with van der Waals surface area (Å²) in [4.78, 5) is 19.4. The van der Waals surface area contributed by atoms with Crippen LogP contribution in [0.25, 0.3) is 10.6 Å². The number of methoxy groups -OCH3 is 1. The Labute approximate surface area is 158 Å². The summed E-state index contributed by atoms with van der Waals surface area (Å²) in [5.41, 5.74) is 2.38. The standard InChI is InChI=1S/C21H22N2O2S/c1-3-4-14-23(17-8-6-5-7-9-17)21(24)19-15-26-20(22-19)16-10-12-18(25-2)13-11-16/h5-13,15H,3-4,14H2,1-2H3. The summed E-state index contributed by atoms with van der Waals surface area (Å²) in [7, 11) is 1.64. The number of ether oxygens (including phenoxy) is 1. The third-order valence-electron chi connectivity index (χ3n) is 4.11. The van der Waals surface area contributed by atoms with E-state index in [1.807, 2.05) is 64.9 Å². The predicted octanol–water partition coefficient (Wildman–Crippen LogP) is 5.27. The summed E-state index contributed by atoms with van der Waals surface area (Å²) in [5, 5.41) is 2.67. The first kappa shape index (κ1) is 18.1. The molecule has 0 unspecified atom stereocenters. The number of amides is 1. The fourth-order valence-electron chi connectivity index (χ4n) is 2.65. The molecule has 5 heteroatoms. The van der Waals surface area contributed by atoms with Crippen molar-refractivity contribution in [2.75, 3.05) is 18.6 Å². The first-order chi connectivity index (χ1) is 12.7. The molecule has 4 nitrogen and oxygen atoms in total. The zero-order valence-electron chi connectivity index (χ0n) is 15.0. The van der Waals surface area contributed by atoms with Gasteiger partial charge in [0, 0.05) is 23.2 Å². The minimum atomic E-state index is -0.0549. The molecule has 0 aliphatic carbocycles.